The molecule has 5 heterocycles. The van der Waals surface area contributed by atoms with E-state index in [2.05, 4.69) is 35.5 Å². The number of aromatic amines is 2. The van der Waals surface area contributed by atoms with Crippen molar-refractivity contribution in [3.63, 3.8) is 0 Å². The van der Waals surface area contributed by atoms with Crippen LogP contribution in [0.25, 0.3) is 56.0 Å². The molecule has 5 aromatic heterocycles. The number of nitrogens with zero attached hydrogens (tertiary/aromatic N) is 5. The molecule has 1 aromatic carbocycles. The normalized spacial score (nSPS) is 11.5. The number of hydrogen-bond acceptors (Lipinski definition) is 7. The third-order valence-electron chi connectivity index (χ3n) is 6.15. The van der Waals surface area contributed by atoms with Crippen molar-refractivity contribution < 1.29 is 14.3 Å². The maximum Gasteiger partial charge on any atom is 0.224 e. The van der Waals surface area contributed by atoms with Gasteiger partial charge in [0.2, 0.25) is 5.91 Å². The number of nitrogens with one attached hydrogen (secondary N) is 3. The summed E-state index contributed by atoms with van der Waals surface area (Å²) in [5.74, 6) is -0.0964. The van der Waals surface area contributed by atoms with Crippen molar-refractivity contribution >= 4 is 33.7 Å². The van der Waals surface area contributed by atoms with Crippen LogP contribution in [0.3, 0.4) is 0 Å². The van der Waals surface area contributed by atoms with Gasteiger partial charge in [-0.3, -0.25) is 19.9 Å². The van der Waals surface area contributed by atoms with Gasteiger partial charge in [-0.1, -0.05) is 13.8 Å². The molecule has 0 aliphatic carbocycles. The SMILES string of the molecule is CC(C)CC(=O)Nc1cncc(-c2cnc3n[nH]c(-c4nc5c(-c6cc(O)cc(F)c6)nccc5[nH]4)c3c2)c1. The van der Waals surface area contributed by atoms with Gasteiger partial charge in [-0.25, -0.2) is 14.4 Å². The highest BCUT2D eigenvalue weighted by molar-refractivity contribution is 5.96. The Labute approximate surface area is 221 Å². The maximum absolute atomic E-state index is 14.0. The number of pyridine rings is 3. The molecule has 0 saturated heterocycles. The van der Waals surface area contributed by atoms with E-state index in [1.165, 1.54) is 12.1 Å². The van der Waals surface area contributed by atoms with Crippen LogP contribution in [0.1, 0.15) is 20.3 Å². The molecule has 0 unspecified atom stereocenters. The molecule has 0 aliphatic rings. The number of H-pyrrole nitrogens is 2. The van der Waals surface area contributed by atoms with Crippen LogP contribution in [0.5, 0.6) is 5.75 Å². The van der Waals surface area contributed by atoms with Gasteiger partial charge in [0.25, 0.3) is 0 Å². The van der Waals surface area contributed by atoms with E-state index < -0.39 is 5.82 Å². The Kier molecular flexibility index (Phi) is 5.95. The summed E-state index contributed by atoms with van der Waals surface area (Å²) in [6.07, 6.45) is 7.02. The summed E-state index contributed by atoms with van der Waals surface area (Å²) in [6, 6.07) is 9.31. The zero-order chi connectivity index (χ0) is 27.1. The lowest BCUT2D eigenvalue weighted by Gasteiger charge is -2.08. The van der Waals surface area contributed by atoms with E-state index >= 15 is 0 Å². The second-order valence-electron chi connectivity index (χ2n) is 9.64. The molecular formula is C28H23FN8O2. The molecule has 0 spiro atoms. The van der Waals surface area contributed by atoms with Crippen molar-refractivity contribution in [2.24, 2.45) is 5.92 Å². The van der Waals surface area contributed by atoms with Crippen LogP contribution in [0.2, 0.25) is 0 Å². The Balaban J connectivity index is 1.39. The molecule has 0 aliphatic heterocycles. The molecular weight excluding hydrogens is 499 g/mol. The van der Waals surface area contributed by atoms with Crippen LogP contribution in [-0.2, 0) is 4.79 Å². The van der Waals surface area contributed by atoms with Crippen LogP contribution in [-0.4, -0.2) is 46.1 Å². The predicted molar refractivity (Wildman–Crippen MR) is 145 cm³/mol. The lowest BCUT2D eigenvalue weighted by Crippen LogP contribution is -2.13. The second-order valence-corrected chi connectivity index (χ2v) is 9.64. The second kappa shape index (κ2) is 9.60. The molecule has 0 saturated carbocycles. The zero-order valence-corrected chi connectivity index (χ0v) is 21.0. The Morgan fingerprint density at radius 1 is 1.05 bits per heavy atom. The van der Waals surface area contributed by atoms with E-state index in [9.17, 15) is 14.3 Å². The monoisotopic (exact) mass is 522 g/mol. The number of halogens is 1. The van der Waals surface area contributed by atoms with Crippen LogP contribution < -0.4 is 5.32 Å². The minimum atomic E-state index is -0.573. The van der Waals surface area contributed by atoms with Crippen LogP contribution >= 0.6 is 0 Å². The quantitative estimate of drug-likeness (QED) is 0.227. The number of imidazole rings is 1. The number of rotatable bonds is 6. The minimum Gasteiger partial charge on any atom is -0.508 e. The van der Waals surface area contributed by atoms with Crippen LogP contribution in [0, 0.1) is 11.7 Å². The van der Waals surface area contributed by atoms with Gasteiger partial charge < -0.3 is 15.4 Å². The standard InChI is InChI=1S/C28H23FN8O2/c1-14(2)5-23(39)33-19-7-16(11-30-13-19)17-9-21-25(36-37-27(21)32-12-17)28-34-22-3-4-31-24(26(22)35-28)15-6-18(29)10-20(38)8-15/h3-4,6-14,38H,5H2,1-2H3,(H,33,39)(H,34,35)(H,32,36,37). The van der Waals surface area contributed by atoms with Gasteiger partial charge in [0.05, 0.1) is 28.5 Å². The van der Waals surface area contributed by atoms with Crippen molar-refractivity contribution in [1.82, 2.24) is 35.1 Å². The molecule has 6 aromatic rings. The molecule has 10 nitrogen and oxygen atoms in total. The summed E-state index contributed by atoms with van der Waals surface area (Å²) >= 11 is 0. The number of carbonyl (C=O) groups excluding carboxylic acids is 1. The number of amides is 1. The van der Waals surface area contributed by atoms with E-state index in [0.717, 1.165) is 22.6 Å². The number of carbonyl (C=O) groups is 1. The average Bonchev–Trinajstić information content (AvgIpc) is 3.51. The number of phenolic OH excluding ortho intramolecular Hbond substituents is 1. The van der Waals surface area contributed by atoms with Gasteiger partial charge in [0, 0.05) is 47.8 Å². The van der Waals surface area contributed by atoms with Crippen molar-refractivity contribution in [3.05, 3.63) is 67.0 Å². The Morgan fingerprint density at radius 3 is 2.72 bits per heavy atom. The summed E-state index contributed by atoms with van der Waals surface area (Å²) in [6.45, 7) is 3.98. The Hall–Kier alpha value is -5.19. The number of benzene rings is 1. The number of anilines is 1. The first-order valence-electron chi connectivity index (χ1n) is 12.3. The topological polar surface area (TPSA) is 145 Å². The van der Waals surface area contributed by atoms with E-state index in [-0.39, 0.29) is 17.6 Å². The van der Waals surface area contributed by atoms with E-state index in [1.54, 1.807) is 30.9 Å². The van der Waals surface area contributed by atoms with Crippen molar-refractivity contribution in [2.45, 2.75) is 20.3 Å². The Bertz CT molecular complexity index is 1840. The van der Waals surface area contributed by atoms with Gasteiger partial charge in [-0.05, 0) is 36.2 Å². The molecule has 1 amide bonds. The molecule has 0 bridgehead atoms. The number of fused-ring (bicyclic) bond motifs is 2. The van der Waals surface area contributed by atoms with Gasteiger partial charge in [-0.15, -0.1) is 0 Å². The predicted octanol–water partition coefficient (Wildman–Crippen LogP) is 5.45. The fourth-order valence-corrected chi connectivity index (χ4v) is 4.46. The third-order valence-corrected chi connectivity index (χ3v) is 6.15. The fourth-order valence-electron chi connectivity index (χ4n) is 4.46. The van der Waals surface area contributed by atoms with Crippen molar-refractivity contribution in [3.8, 4) is 39.7 Å². The minimum absolute atomic E-state index is 0.0677. The number of aromatic hydroxyl groups is 1. The van der Waals surface area contributed by atoms with Crippen LogP contribution in [0.4, 0.5) is 10.1 Å². The molecule has 11 heteroatoms. The van der Waals surface area contributed by atoms with Gasteiger partial charge in [0.15, 0.2) is 11.5 Å². The van der Waals surface area contributed by atoms with Gasteiger partial charge in [0.1, 0.15) is 22.8 Å². The van der Waals surface area contributed by atoms with Crippen LogP contribution in [0.15, 0.2) is 61.2 Å². The highest BCUT2D eigenvalue weighted by Crippen LogP contribution is 2.33. The molecule has 39 heavy (non-hydrogen) atoms. The maximum atomic E-state index is 14.0. The third kappa shape index (κ3) is 4.77. The summed E-state index contributed by atoms with van der Waals surface area (Å²) in [5.41, 5.74) is 5.30. The molecule has 6 rings (SSSR count). The van der Waals surface area contributed by atoms with E-state index in [1.807, 2.05) is 26.0 Å². The summed E-state index contributed by atoms with van der Waals surface area (Å²) in [7, 11) is 0. The number of phenols is 1. The fraction of sp³-hybridized carbons (Fsp3) is 0.143. The highest BCUT2D eigenvalue weighted by atomic mass is 19.1. The summed E-state index contributed by atoms with van der Waals surface area (Å²) in [5, 5.41) is 20.8. The lowest BCUT2D eigenvalue weighted by molar-refractivity contribution is -0.116. The van der Waals surface area contributed by atoms with E-state index in [0.29, 0.717) is 51.6 Å². The summed E-state index contributed by atoms with van der Waals surface area (Å²) < 4.78 is 14.0. The smallest absolute Gasteiger partial charge is 0.224 e. The molecule has 194 valence electrons. The first-order chi connectivity index (χ1) is 18.8. The first kappa shape index (κ1) is 24.2. The largest absolute Gasteiger partial charge is 0.508 e. The number of aromatic nitrogens is 7. The van der Waals surface area contributed by atoms with Gasteiger partial charge >= 0.3 is 0 Å². The van der Waals surface area contributed by atoms with Gasteiger partial charge in [-0.2, -0.15) is 5.10 Å². The Morgan fingerprint density at radius 2 is 1.90 bits per heavy atom. The number of hydrogen-bond donors (Lipinski definition) is 4. The van der Waals surface area contributed by atoms with E-state index in [4.69, 9.17) is 4.98 Å². The molecule has 4 N–H and O–H groups in total. The zero-order valence-electron chi connectivity index (χ0n) is 21.0. The molecule has 0 fully saturated rings. The molecule has 0 atom stereocenters. The lowest BCUT2D eigenvalue weighted by atomic mass is 10.1. The first-order valence-corrected chi connectivity index (χ1v) is 12.3. The van der Waals surface area contributed by atoms with Crippen molar-refractivity contribution in [1.29, 1.82) is 0 Å². The highest BCUT2D eigenvalue weighted by Gasteiger charge is 2.17. The summed E-state index contributed by atoms with van der Waals surface area (Å²) in [4.78, 5) is 33.4. The van der Waals surface area contributed by atoms with Crippen molar-refractivity contribution in [2.75, 3.05) is 5.32 Å². The average molecular weight is 523 g/mol. The molecule has 0 radical (unpaired) electrons.